The maximum atomic E-state index is 11.7. The molecular formula is C16H24N4O2S2. The van der Waals surface area contributed by atoms with Gasteiger partial charge in [-0.3, -0.25) is 0 Å². The molecule has 1 unspecified atom stereocenters. The zero-order valence-corrected chi connectivity index (χ0v) is 15.9. The average molecular weight is 369 g/mol. The molecule has 0 spiro atoms. The van der Waals surface area contributed by atoms with Crippen LogP contribution < -0.4 is 0 Å². The van der Waals surface area contributed by atoms with Crippen LogP contribution in [0.2, 0.25) is 0 Å². The fourth-order valence-electron chi connectivity index (χ4n) is 3.04. The van der Waals surface area contributed by atoms with Gasteiger partial charge in [0.05, 0.1) is 17.8 Å². The highest BCUT2D eigenvalue weighted by Gasteiger charge is 2.30. The molecule has 24 heavy (non-hydrogen) atoms. The molecule has 0 aromatic carbocycles. The van der Waals surface area contributed by atoms with E-state index in [9.17, 15) is 4.79 Å². The van der Waals surface area contributed by atoms with Crippen LogP contribution in [0.15, 0.2) is 11.1 Å². The molecule has 0 radical (unpaired) electrons. The van der Waals surface area contributed by atoms with Crippen molar-refractivity contribution in [2.45, 2.75) is 37.3 Å². The summed E-state index contributed by atoms with van der Waals surface area (Å²) in [5.74, 6) is 0.932. The lowest BCUT2D eigenvalue weighted by molar-refractivity contribution is 0.157. The topological polar surface area (TPSA) is 58.6 Å². The lowest BCUT2D eigenvalue weighted by Crippen LogP contribution is -2.34. The largest absolute Gasteiger partial charge is 0.447 e. The molecule has 0 aliphatic carbocycles. The number of ether oxygens (including phenoxy) is 1. The molecule has 1 aromatic heterocycles. The normalized spacial score (nSPS) is 21.9. The predicted octanol–water partition coefficient (Wildman–Crippen LogP) is 2.97. The first kappa shape index (κ1) is 17.7. The smallest absolute Gasteiger partial charge is 0.410 e. The summed E-state index contributed by atoms with van der Waals surface area (Å²) in [6.07, 6.45) is 5.07. The van der Waals surface area contributed by atoms with Crippen molar-refractivity contribution >= 4 is 35.2 Å². The summed E-state index contributed by atoms with van der Waals surface area (Å²) in [7, 11) is 2.14. The number of likely N-dealkylation sites (N-methyl/N-ethyl adjacent to an activating group) is 1. The van der Waals surface area contributed by atoms with Gasteiger partial charge < -0.3 is 14.5 Å². The van der Waals surface area contributed by atoms with Gasteiger partial charge in [0.15, 0.2) is 0 Å². The second-order valence-electron chi connectivity index (χ2n) is 6.21. The van der Waals surface area contributed by atoms with Crippen LogP contribution in [-0.2, 0) is 4.74 Å². The van der Waals surface area contributed by atoms with Gasteiger partial charge in [0.1, 0.15) is 17.3 Å². The van der Waals surface area contributed by atoms with Crippen molar-refractivity contribution in [2.24, 2.45) is 0 Å². The third-order valence-electron chi connectivity index (χ3n) is 4.43. The van der Waals surface area contributed by atoms with E-state index < -0.39 is 0 Å². The van der Waals surface area contributed by atoms with E-state index in [1.165, 1.54) is 17.3 Å². The minimum atomic E-state index is -0.168. The molecule has 2 aliphatic rings. The fourth-order valence-corrected chi connectivity index (χ4v) is 4.68. The molecule has 0 N–H and O–H groups in total. The van der Waals surface area contributed by atoms with Crippen molar-refractivity contribution in [3.05, 3.63) is 11.8 Å². The molecule has 1 fully saturated rings. The number of hydrogen-bond donors (Lipinski definition) is 0. The lowest BCUT2D eigenvalue weighted by Gasteiger charge is -2.22. The fraction of sp³-hybridized carbons (Fsp3) is 0.688. The summed E-state index contributed by atoms with van der Waals surface area (Å²) >= 11 is 3.02. The van der Waals surface area contributed by atoms with Gasteiger partial charge >= 0.3 is 6.09 Å². The number of carbonyl (C=O) groups is 1. The maximum absolute atomic E-state index is 11.7. The minimum absolute atomic E-state index is 0.168. The quantitative estimate of drug-likeness (QED) is 0.545. The molecule has 3 heterocycles. The van der Waals surface area contributed by atoms with E-state index in [0.717, 1.165) is 55.4 Å². The SMILES string of the molecule is CCC1COC(=O)N1CCCSc1nsnc1C1=CCCN(C)C1. The van der Waals surface area contributed by atoms with E-state index in [-0.39, 0.29) is 12.1 Å². The summed E-state index contributed by atoms with van der Waals surface area (Å²) in [6.45, 7) is 5.42. The van der Waals surface area contributed by atoms with Crippen LogP contribution in [0.1, 0.15) is 31.9 Å². The van der Waals surface area contributed by atoms with Crippen molar-refractivity contribution in [3.8, 4) is 0 Å². The van der Waals surface area contributed by atoms with Crippen molar-refractivity contribution in [1.82, 2.24) is 18.5 Å². The van der Waals surface area contributed by atoms with Crippen molar-refractivity contribution in [1.29, 1.82) is 0 Å². The van der Waals surface area contributed by atoms with Crippen LogP contribution >= 0.6 is 23.5 Å². The average Bonchev–Trinajstić information content (AvgIpc) is 3.18. The number of cyclic esters (lactones) is 1. The molecule has 132 valence electrons. The van der Waals surface area contributed by atoms with Gasteiger partial charge in [-0.2, -0.15) is 8.75 Å². The first-order valence-electron chi connectivity index (χ1n) is 8.45. The molecule has 2 aliphatic heterocycles. The summed E-state index contributed by atoms with van der Waals surface area (Å²) < 4.78 is 14.1. The Balaban J connectivity index is 1.50. The minimum Gasteiger partial charge on any atom is -0.447 e. The standard InChI is InChI=1S/C16H24N4O2S2/c1-3-13-11-22-16(21)20(13)8-5-9-23-15-14(17-24-18-15)12-6-4-7-19(2)10-12/h6,13H,3-5,7-11H2,1-2H3. The Kier molecular flexibility index (Phi) is 6.13. The molecule has 0 saturated carbocycles. The molecule has 3 rings (SSSR count). The van der Waals surface area contributed by atoms with Crippen LogP contribution in [0, 0.1) is 0 Å². The van der Waals surface area contributed by atoms with Gasteiger partial charge in [0, 0.05) is 25.4 Å². The first-order valence-corrected chi connectivity index (χ1v) is 10.2. The number of aromatic nitrogens is 2. The number of nitrogens with zero attached hydrogens (tertiary/aromatic N) is 4. The summed E-state index contributed by atoms with van der Waals surface area (Å²) in [4.78, 5) is 15.9. The molecule has 1 atom stereocenters. The Morgan fingerprint density at radius 3 is 3.12 bits per heavy atom. The van der Waals surface area contributed by atoms with E-state index in [4.69, 9.17) is 4.74 Å². The van der Waals surface area contributed by atoms with Crippen LogP contribution in [0.4, 0.5) is 4.79 Å². The van der Waals surface area contributed by atoms with Crippen molar-refractivity contribution < 1.29 is 9.53 Å². The molecule has 8 heteroatoms. The third kappa shape index (κ3) is 4.10. The third-order valence-corrected chi connectivity index (χ3v) is 6.13. The summed E-state index contributed by atoms with van der Waals surface area (Å²) in [5, 5.41) is 1.03. The van der Waals surface area contributed by atoms with E-state index in [1.807, 2.05) is 4.90 Å². The van der Waals surface area contributed by atoms with Crippen LogP contribution in [0.25, 0.3) is 5.57 Å². The number of carbonyl (C=O) groups excluding carboxylic acids is 1. The lowest BCUT2D eigenvalue weighted by atomic mass is 10.1. The van der Waals surface area contributed by atoms with Gasteiger partial charge in [-0.15, -0.1) is 11.8 Å². The van der Waals surface area contributed by atoms with Crippen molar-refractivity contribution in [3.63, 3.8) is 0 Å². The van der Waals surface area contributed by atoms with Crippen LogP contribution in [-0.4, -0.2) is 69.7 Å². The van der Waals surface area contributed by atoms with Gasteiger partial charge in [0.25, 0.3) is 0 Å². The second kappa shape index (κ2) is 8.31. The highest BCUT2D eigenvalue weighted by Crippen LogP contribution is 2.29. The highest BCUT2D eigenvalue weighted by molar-refractivity contribution is 7.99. The van der Waals surface area contributed by atoms with Gasteiger partial charge in [-0.1, -0.05) is 13.0 Å². The van der Waals surface area contributed by atoms with Crippen LogP contribution in [0.3, 0.4) is 0 Å². The summed E-state index contributed by atoms with van der Waals surface area (Å²) in [5.41, 5.74) is 2.33. The molecule has 1 amide bonds. The Bertz CT molecular complexity index is 605. The van der Waals surface area contributed by atoms with Crippen LogP contribution in [0.5, 0.6) is 0 Å². The van der Waals surface area contributed by atoms with E-state index >= 15 is 0 Å². The number of thioether (sulfide) groups is 1. The maximum Gasteiger partial charge on any atom is 0.410 e. The van der Waals surface area contributed by atoms with Gasteiger partial charge in [-0.25, -0.2) is 4.79 Å². The molecule has 6 nitrogen and oxygen atoms in total. The van der Waals surface area contributed by atoms with Crippen molar-refractivity contribution in [2.75, 3.05) is 39.0 Å². The Morgan fingerprint density at radius 2 is 2.33 bits per heavy atom. The number of hydrogen-bond acceptors (Lipinski definition) is 7. The van der Waals surface area contributed by atoms with E-state index in [0.29, 0.717) is 6.61 Å². The first-order chi connectivity index (χ1) is 11.7. The Morgan fingerprint density at radius 1 is 1.46 bits per heavy atom. The Labute approximate surface area is 151 Å². The zero-order chi connectivity index (χ0) is 16.9. The zero-order valence-electron chi connectivity index (χ0n) is 14.2. The molecule has 0 bridgehead atoms. The Hall–Kier alpha value is -1.12. The van der Waals surface area contributed by atoms with Gasteiger partial charge in [-0.05, 0) is 31.9 Å². The number of rotatable bonds is 7. The summed E-state index contributed by atoms with van der Waals surface area (Å²) in [6, 6.07) is 0.238. The predicted molar refractivity (Wildman–Crippen MR) is 97.5 cm³/mol. The van der Waals surface area contributed by atoms with E-state index in [2.05, 4.69) is 33.7 Å². The van der Waals surface area contributed by atoms with E-state index in [1.54, 1.807) is 11.8 Å². The second-order valence-corrected chi connectivity index (χ2v) is 7.82. The monoisotopic (exact) mass is 368 g/mol. The highest BCUT2D eigenvalue weighted by atomic mass is 32.2. The molecule has 1 aromatic rings. The van der Waals surface area contributed by atoms with Gasteiger partial charge in [0.2, 0.25) is 0 Å². The number of amides is 1. The molecular weight excluding hydrogens is 344 g/mol. The molecule has 1 saturated heterocycles.